The van der Waals surface area contributed by atoms with Gasteiger partial charge in [0.1, 0.15) is 0 Å². The molecule has 0 saturated carbocycles. The van der Waals surface area contributed by atoms with Crippen LogP contribution >= 0.6 is 0 Å². The predicted molar refractivity (Wildman–Crippen MR) is 85.7 cm³/mol. The van der Waals surface area contributed by atoms with Gasteiger partial charge < -0.3 is 15.1 Å². The highest BCUT2D eigenvalue weighted by Gasteiger charge is 2.18. The number of hydrogen-bond acceptors (Lipinski definition) is 6. The van der Waals surface area contributed by atoms with E-state index in [4.69, 9.17) is 0 Å². The smallest absolute Gasteiger partial charge is 0.232 e. The average Bonchev–Trinajstić information content (AvgIpc) is 2.46. The number of unbranched alkanes of at least 4 members (excludes halogenated alkanes) is 1. The van der Waals surface area contributed by atoms with E-state index in [0.29, 0.717) is 17.9 Å². The summed E-state index contributed by atoms with van der Waals surface area (Å²) >= 11 is 0. The summed E-state index contributed by atoms with van der Waals surface area (Å²) < 4.78 is 0. The van der Waals surface area contributed by atoms with Crippen molar-refractivity contribution < 1.29 is 0 Å². The molecule has 6 heteroatoms. The fourth-order valence-corrected chi connectivity index (χ4v) is 1.86. The summed E-state index contributed by atoms with van der Waals surface area (Å²) in [6.45, 7) is 7.59. The molecular weight excluding hydrogens is 252 g/mol. The van der Waals surface area contributed by atoms with Crippen LogP contribution in [-0.2, 0) is 0 Å². The van der Waals surface area contributed by atoms with Crippen LogP contribution in [0.5, 0.6) is 0 Å². The van der Waals surface area contributed by atoms with Crippen molar-refractivity contribution in [3.8, 4) is 0 Å². The summed E-state index contributed by atoms with van der Waals surface area (Å²) in [5.74, 6) is 2.06. The van der Waals surface area contributed by atoms with Crippen LogP contribution in [0, 0.1) is 0 Å². The highest BCUT2D eigenvalue weighted by Crippen LogP contribution is 2.19. The van der Waals surface area contributed by atoms with Crippen molar-refractivity contribution in [3.63, 3.8) is 0 Å². The molecule has 1 aromatic heterocycles. The number of anilines is 3. The first-order chi connectivity index (χ1) is 9.53. The van der Waals surface area contributed by atoms with Crippen LogP contribution in [0.3, 0.4) is 0 Å². The van der Waals surface area contributed by atoms with Crippen molar-refractivity contribution in [1.29, 1.82) is 0 Å². The Kier molecular flexibility index (Phi) is 6.48. The van der Waals surface area contributed by atoms with Crippen molar-refractivity contribution in [3.05, 3.63) is 0 Å². The third kappa shape index (κ3) is 4.21. The highest BCUT2D eigenvalue weighted by molar-refractivity contribution is 5.44. The molecule has 1 N–H and O–H groups in total. The molecule has 0 bridgehead atoms. The lowest BCUT2D eigenvalue weighted by molar-refractivity contribution is 0.581. The molecule has 0 saturated heterocycles. The molecule has 1 atom stereocenters. The zero-order valence-corrected chi connectivity index (χ0v) is 13.6. The molecule has 1 rings (SSSR count). The molecule has 0 radical (unpaired) electrons. The highest BCUT2D eigenvalue weighted by atomic mass is 15.4. The van der Waals surface area contributed by atoms with Crippen molar-refractivity contribution in [1.82, 2.24) is 15.0 Å². The zero-order valence-electron chi connectivity index (χ0n) is 13.6. The number of nitrogens with one attached hydrogen (secondary N) is 1. The van der Waals surface area contributed by atoms with Gasteiger partial charge in [0.2, 0.25) is 17.8 Å². The van der Waals surface area contributed by atoms with E-state index in [9.17, 15) is 0 Å². The van der Waals surface area contributed by atoms with Gasteiger partial charge in [-0.3, -0.25) is 0 Å². The summed E-state index contributed by atoms with van der Waals surface area (Å²) in [5.41, 5.74) is 0. The van der Waals surface area contributed by atoms with Crippen LogP contribution in [-0.4, -0.2) is 48.7 Å². The van der Waals surface area contributed by atoms with Gasteiger partial charge in [0.15, 0.2) is 0 Å². The molecule has 1 unspecified atom stereocenters. The van der Waals surface area contributed by atoms with Gasteiger partial charge in [0, 0.05) is 33.7 Å². The van der Waals surface area contributed by atoms with Gasteiger partial charge in [-0.2, -0.15) is 15.0 Å². The maximum Gasteiger partial charge on any atom is 0.232 e. The summed E-state index contributed by atoms with van der Waals surface area (Å²) in [5, 5.41) is 3.01. The topological polar surface area (TPSA) is 57.2 Å². The first kappa shape index (κ1) is 16.5. The van der Waals surface area contributed by atoms with E-state index in [-0.39, 0.29) is 0 Å². The van der Waals surface area contributed by atoms with Crippen LogP contribution < -0.4 is 15.1 Å². The summed E-state index contributed by atoms with van der Waals surface area (Å²) in [6, 6.07) is 0.420. The summed E-state index contributed by atoms with van der Waals surface area (Å²) in [7, 11) is 5.72. The molecule has 1 heterocycles. The molecule has 0 spiro atoms. The Labute approximate surface area is 122 Å². The van der Waals surface area contributed by atoms with Crippen molar-refractivity contribution in [2.24, 2.45) is 0 Å². The molecule has 0 aliphatic carbocycles. The number of hydrogen-bond donors (Lipinski definition) is 1. The normalized spacial score (nSPS) is 12.1. The molecular formula is C14H28N6. The Morgan fingerprint density at radius 1 is 1.10 bits per heavy atom. The van der Waals surface area contributed by atoms with Gasteiger partial charge in [-0.05, 0) is 19.8 Å². The second-order valence-electron chi connectivity index (χ2n) is 5.21. The SMILES string of the molecule is CCCCN(c1nc(NC)nc(N(C)C)n1)C(C)CC. The van der Waals surface area contributed by atoms with E-state index < -0.39 is 0 Å². The van der Waals surface area contributed by atoms with Gasteiger partial charge in [0.25, 0.3) is 0 Å². The van der Waals surface area contributed by atoms with Crippen LogP contribution in [0.15, 0.2) is 0 Å². The van der Waals surface area contributed by atoms with Crippen molar-refractivity contribution >= 4 is 17.8 Å². The van der Waals surface area contributed by atoms with E-state index in [1.165, 1.54) is 0 Å². The van der Waals surface area contributed by atoms with Gasteiger partial charge in [0.05, 0.1) is 0 Å². The molecule has 20 heavy (non-hydrogen) atoms. The largest absolute Gasteiger partial charge is 0.357 e. The fraction of sp³-hybridized carbons (Fsp3) is 0.786. The van der Waals surface area contributed by atoms with E-state index in [1.54, 1.807) is 0 Å². The van der Waals surface area contributed by atoms with Gasteiger partial charge in [-0.15, -0.1) is 0 Å². The van der Waals surface area contributed by atoms with Crippen LogP contribution in [0.4, 0.5) is 17.8 Å². The maximum atomic E-state index is 4.59. The lowest BCUT2D eigenvalue weighted by Gasteiger charge is -2.29. The van der Waals surface area contributed by atoms with Crippen LogP contribution in [0.1, 0.15) is 40.0 Å². The minimum absolute atomic E-state index is 0.420. The van der Waals surface area contributed by atoms with E-state index in [0.717, 1.165) is 31.8 Å². The van der Waals surface area contributed by atoms with E-state index in [1.807, 2.05) is 26.0 Å². The third-order valence-corrected chi connectivity index (χ3v) is 3.37. The number of aromatic nitrogens is 3. The average molecular weight is 280 g/mol. The molecule has 0 aliphatic rings. The lowest BCUT2D eigenvalue weighted by atomic mass is 10.2. The molecule has 0 amide bonds. The van der Waals surface area contributed by atoms with Gasteiger partial charge >= 0.3 is 0 Å². The Morgan fingerprint density at radius 3 is 2.25 bits per heavy atom. The number of rotatable bonds is 8. The molecule has 1 aromatic rings. The summed E-state index contributed by atoms with van der Waals surface area (Å²) in [4.78, 5) is 17.7. The standard InChI is InChI=1S/C14H28N6/c1-7-9-10-20(11(3)8-2)14-17-12(15-4)16-13(18-14)19(5)6/h11H,7-10H2,1-6H3,(H,15,16,17,18). The molecule has 0 aromatic carbocycles. The van der Waals surface area contributed by atoms with Crippen molar-refractivity contribution in [2.45, 2.75) is 46.1 Å². The first-order valence-corrected chi connectivity index (χ1v) is 7.41. The second-order valence-corrected chi connectivity index (χ2v) is 5.21. The first-order valence-electron chi connectivity index (χ1n) is 7.41. The quantitative estimate of drug-likeness (QED) is 0.789. The Bertz CT molecular complexity index is 407. The fourth-order valence-electron chi connectivity index (χ4n) is 1.86. The van der Waals surface area contributed by atoms with Crippen LogP contribution in [0.2, 0.25) is 0 Å². The van der Waals surface area contributed by atoms with E-state index >= 15 is 0 Å². The van der Waals surface area contributed by atoms with Crippen molar-refractivity contribution in [2.75, 3.05) is 42.8 Å². The third-order valence-electron chi connectivity index (χ3n) is 3.37. The monoisotopic (exact) mass is 280 g/mol. The molecule has 0 aliphatic heterocycles. The van der Waals surface area contributed by atoms with E-state index in [2.05, 4.69) is 45.9 Å². The maximum absolute atomic E-state index is 4.59. The predicted octanol–water partition coefficient (Wildman–Crippen LogP) is 2.38. The van der Waals surface area contributed by atoms with Crippen LogP contribution in [0.25, 0.3) is 0 Å². The van der Waals surface area contributed by atoms with Gasteiger partial charge in [-0.25, -0.2) is 0 Å². The Balaban J connectivity index is 3.13. The molecule has 114 valence electrons. The lowest BCUT2D eigenvalue weighted by Crippen LogP contribution is -2.35. The minimum atomic E-state index is 0.420. The second kappa shape index (κ2) is 7.87. The van der Waals surface area contributed by atoms with Gasteiger partial charge in [-0.1, -0.05) is 20.3 Å². The molecule has 0 fully saturated rings. The Morgan fingerprint density at radius 2 is 1.75 bits per heavy atom. The zero-order chi connectivity index (χ0) is 15.1. The minimum Gasteiger partial charge on any atom is -0.357 e. The number of nitrogens with zero attached hydrogens (tertiary/aromatic N) is 5. The summed E-state index contributed by atoms with van der Waals surface area (Å²) in [6.07, 6.45) is 3.38. The molecule has 6 nitrogen and oxygen atoms in total. The Hall–Kier alpha value is -1.59.